The van der Waals surface area contributed by atoms with Crippen LogP contribution in [-0.2, 0) is 9.59 Å². The van der Waals surface area contributed by atoms with E-state index in [1.54, 1.807) is 0 Å². The summed E-state index contributed by atoms with van der Waals surface area (Å²) in [7, 11) is 0. The Bertz CT molecular complexity index is 611. The molecule has 0 aliphatic carbocycles. The highest BCUT2D eigenvalue weighted by molar-refractivity contribution is 5.78. The first-order valence-corrected chi connectivity index (χ1v) is 11.3. The second-order valence-electron chi connectivity index (χ2n) is 9.89. The predicted molar refractivity (Wildman–Crippen MR) is 102 cm³/mol. The van der Waals surface area contributed by atoms with Crippen molar-refractivity contribution in [3.8, 4) is 0 Å². The smallest absolute Gasteiger partial charge is 0.233 e. The van der Waals surface area contributed by atoms with Gasteiger partial charge in [0.1, 0.15) is 6.04 Å². The van der Waals surface area contributed by atoms with Crippen molar-refractivity contribution >= 4 is 11.8 Å². The molecule has 27 heavy (non-hydrogen) atoms. The quantitative estimate of drug-likeness (QED) is 0.759. The number of quaternary nitrogens is 1. The van der Waals surface area contributed by atoms with Crippen molar-refractivity contribution in [3.63, 3.8) is 0 Å². The van der Waals surface area contributed by atoms with E-state index >= 15 is 0 Å². The van der Waals surface area contributed by atoms with Crippen LogP contribution in [-0.4, -0.2) is 77.0 Å². The number of rotatable bonds is 2. The van der Waals surface area contributed by atoms with Crippen LogP contribution < -0.4 is 5.32 Å². The van der Waals surface area contributed by atoms with E-state index in [0.29, 0.717) is 54.4 Å². The molecule has 0 radical (unpaired) electrons. The molecule has 2 N–H and O–H groups in total. The SMILES string of the molecule is CC1CCCC2[NH2+]C(CN3CC4CC(C3)C3CCCC(=O)N3C4)CC(=O)N12. The first kappa shape index (κ1) is 17.9. The summed E-state index contributed by atoms with van der Waals surface area (Å²) in [4.78, 5) is 32.1. The Hall–Kier alpha value is -1.14. The van der Waals surface area contributed by atoms with Gasteiger partial charge >= 0.3 is 0 Å². The number of nitrogens with zero attached hydrogens (tertiary/aromatic N) is 3. The lowest BCUT2D eigenvalue weighted by atomic mass is 9.76. The fourth-order valence-electron chi connectivity index (χ4n) is 6.88. The Kier molecular flexibility index (Phi) is 4.67. The molecule has 6 unspecified atom stereocenters. The van der Waals surface area contributed by atoms with Crippen LogP contribution in [0.1, 0.15) is 58.3 Å². The number of amides is 2. The minimum Gasteiger partial charge on any atom is -0.339 e. The van der Waals surface area contributed by atoms with Gasteiger partial charge in [-0.2, -0.15) is 0 Å². The first-order valence-electron chi connectivity index (χ1n) is 11.3. The van der Waals surface area contributed by atoms with Gasteiger partial charge < -0.3 is 10.2 Å². The van der Waals surface area contributed by atoms with Crippen LogP contribution in [0.4, 0.5) is 0 Å². The van der Waals surface area contributed by atoms with Crippen molar-refractivity contribution in [2.75, 3.05) is 26.2 Å². The van der Waals surface area contributed by atoms with Gasteiger partial charge in [0, 0.05) is 44.6 Å². The molecule has 5 saturated heterocycles. The molecule has 5 aliphatic heterocycles. The van der Waals surface area contributed by atoms with E-state index in [-0.39, 0.29) is 0 Å². The van der Waals surface area contributed by atoms with Crippen molar-refractivity contribution in [1.29, 1.82) is 0 Å². The number of carbonyl (C=O) groups is 2. The topological polar surface area (TPSA) is 60.5 Å². The molecule has 5 rings (SSSR count). The number of piperidine rings is 4. The van der Waals surface area contributed by atoms with E-state index in [0.717, 1.165) is 51.9 Å². The Morgan fingerprint density at radius 2 is 1.93 bits per heavy atom. The Balaban J connectivity index is 1.22. The summed E-state index contributed by atoms with van der Waals surface area (Å²) in [6.45, 7) is 6.45. The fraction of sp³-hybridized carbons (Fsp3) is 0.905. The highest BCUT2D eigenvalue weighted by atomic mass is 16.2. The van der Waals surface area contributed by atoms with Gasteiger partial charge in [-0.15, -0.1) is 0 Å². The zero-order chi connectivity index (χ0) is 18.5. The van der Waals surface area contributed by atoms with Crippen LogP contribution in [0.2, 0.25) is 0 Å². The lowest BCUT2D eigenvalue weighted by Gasteiger charge is -2.53. The molecular weight excluding hydrogens is 340 g/mol. The van der Waals surface area contributed by atoms with Crippen molar-refractivity contribution < 1.29 is 14.9 Å². The van der Waals surface area contributed by atoms with Crippen molar-refractivity contribution in [1.82, 2.24) is 14.7 Å². The van der Waals surface area contributed by atoms with E-state index in [9.17, 15) is 9.59 Å². The number of nitrogens with two attached hydrogens (primary N) is 1. The predicted octanol–water partition coefficient (Wildman–Crippen LogP) is 0.382. The highest BCUT2D eigenvalue weighted by Gasteiger charge is 2.46. The lowest BCUT2D eigenvalue weighted by Crippen LogP contribution is -3.02. The highest BCUT2D eigenvalue weighted by Crippen LogP contribution is 2.38. The van der Waals surface area contributed by atoms with Crippen molar-refractivity contribution in [2.45, 2.75) is 82.6 Å². The maximum Gasteiger partial charge on any atom is 0.233 e. The van der Waals surface area contributed by atoms with Gasteiger partial charge in [-0.1, -0.05) is 0 Å². The molecule has 6 nitrogen and oxygen atoms in total. The summed E-state index contributed by atoms with van der Waals surface area (Å²) < 4.78 is 0. The molecule has 0 aromatic carbocycles. The monoisotopic (exact) mass is 375 g/mol. The number of hydrogen-bond donors (Lipinski definition) is 1. The van der Waals surface area contributed by atoms with Gasteiger partial charge in [0.25, 0.3) is 0 Å². The van der Waals surface area contributed by atoms with Crippen LogP contribution in [0, 0.1) is 11.8 Å². The van der Waals surface area contributed by atoms with Gasteiger partial charge in [-0.25, -0.2) is 0 Å². The zero-order valence-corrected chi connectivity index (χ0v) is 16.7. The van der Waals surface area contributed by atoms with E-state index < -0.39 is 0 Å². The largest absolute Gasteiger partial charge is 0.339 e. The van der Waals surface area contributed by atoms with Crippen LogP contribution in [0.15, 0.2) is 0 Å². The maximum absolute atomic E-state index is 12.8. The number of fused-ring (bicyclic) bond motifs is 5. The van der Waals surface area contributed by atoms with Gasteiger partial charge in [0.15, 0.2) is 6.17 Å². The van der Waals surface area contributed by atoms with Crippen molar-refractivity contribution in [2.24, 2.45) is 11.8 Å². The Morgan fingerprint density at radius 3 is 2.81 bits per heavy atom. The third kappa shape index (κ3) is 3.29. The van der Waals surface area contributed by atoms with Gasteiger partial charge in [-0.05, 0) is 50.9 Å². The maximum atomic E-state index is 12.8. The number of likely N-dealkylation sites (tertiary alicyclic amines) is 1. The summed E-state index contributed by atoms with van der Waals surface area (Å²) in [5.41, 5.74) is 0. The lowest BCUT2D eigenvalue weighted by molar-refractivity contribution is -0.745. The third-order valence-electron chi connectivity index (χ3n) is 7.92. The molecule has 150 valence electrons. The standard InChI is InChI=1S/C21H34N4O2/c1-14-4-2-6-19-22-17(9-21(27)25(14)19)13-23-10-15-8-16(12-23)18-5-3-7-20(26)24(18)11-15/h14-19,22H,2-13H2,1H3/p+1. The van der Waals surface area contributed by atoms with Gasteiger partial charge in [0.05, 0.1) is 13.0 Å². The van der Waals surface area contributed by atoms with Crippen LogP contribution >= 0.6 is 0 Å². The molecule has 2 amide bonds. The third-order valence-corrected chi connectivity index (χ3v) is 7.92. The summed E-state index contributed by atoms with van der Waals surface area (Å²) in [6, 6.07) is 1.31. The minimum atomic E-state index is 0.371. The van der Waals surface area contributed by atoms with E-state index in [2.05, 4.69) is 26.9 Å². The zero-order valence-electron chi connectivity index (χ0n) is 16.7. The molecule has 0 saturated carbocycles. The van der Waals surface area contributed by atoms with E-state index in [4.69, 9.17) is 0 Å². The van der Waals surface area contributed by atoms with E-state index in [1.165, 1.54) is 19.3 Å². The average molecular weight is 376 g/mol. The summed E-state index contributed by atoms with van der Waals surface area (Å²) >= 11 is 0. The minimum absolute atomic E-state index is 0.371. The second kappa shape index (κ2) is 7.03. The molecule has 0 spiro atoms. The number of carbonyl (C=O) groups excluding carboxylic acids is 2. The molecular formula is C21H35N4O2+. The Morgan fingerprint density at radius 1 is 1.04 bits per heavy atom. The first-order chi connectivity index (χ1) is 13.1. The molecule has 6 heteroatoms. The molecule has 0 aromatic rings. The van der Waals surface area contributed by atoms with Crippen LogP contribution in [0.25, 0.3) is 0 Å². The molecule has 6 atom stereocenters. The van der Waals surface area contributed by atoms with Crippen molar-refractivity contribution in [3.05, 3.63) is 0 Å². The Labute approximate surface area is 162 Å². The molecule has 2 bridgehead atoms. The second-order valence-corrected chi connectivity index (χ2v) is 9.89. The normalized spacial score (nSPS) is 42.7. The summed E-state index contributed by atoms with van der Waals surface area (Å²) in [5.74, 6) is 2.05. The molecule has 0 aromatic heterocycles. The fourth-order valence-corrected chi connectivity index (χ4v) is 6.88. The molecule has 5 heterocycles. The van der Waals surface area contributed by atoms with Crippen LogP contribution in [0.5, 0.6) is 0 Å². The van der Waals surface area contributed by atoms with Gasteiger partial charge in [-0.3, -0.25) is 19.4 Å². The van der Waals surface area contributed by atoms with Gasteiger partial charge in [0.2, 0.25) is 11.8 Å². The number of hydrogen-bond acceptors (Lipinski definition) is 3. The summed E-state index contributed by atoms with van der Waals surface area (Å²) in [6.07, 6.45) is 8.95. The molecule has 5 aliphatic rings. The molecule has 5 fully saturated rings. The summed E-state index contributed by atoms with van der Waals surface area (Å²) in [5, 5.41) is 2.50. The average Bonchev–Trinajstić information content (AvgIpc) is 2.62. The van der Waals surface area contributed by atoms with E-state index in [1.807, 2.05) is 0 Å². The van der Waals surface area contributed by atoms with Crippen LogP contribution in [0.3, 0.4) is 0 Å².